The molecule has 0 fully saturated rings. The summed E-state index contributed by atoms with van der Waals surface area (Å²) in [5.41, 5.74) is 5.59. The molecule has 2 aromatic rings. The van der Waals surface area contributed by atoms with Gasteiger partial charge < -0.3 is 15.4 Å². The molecule has 0 aliphatic carbocycles. The summed E-state index contributed by atoms with van der Waals surface area (Å²) >= 11 is 0. The smallest absolute Gasteiger partial charge is 0.329 e. The average Bonchev–Trinajstić information content (AvgIpc) is 2.75. The zero-order valence-corrected chi connectivity index (χ0v) is 18.2. The zero-order chi connectivity index (χ0) is 22.8. The fraction of sp³-hybridized carbons (Fsp3) is 0.304. The Morgan fingerprint density at radius 3 is 2.61 bits per heavy atom. The van der Waals surface area contributed by atoms with E-state index in [0.29, 0.717) is 11.3 Å². The number of rotatable bonds is 8. The standard InChI is InChI=1S/C23H28N4O4/c1-5-17(4)25-22(29)23(30)27-24-13-18-7-6-8-19(12-18)31-14-21(28)26-20-11-15(2)9-10-16(20)3/h6-13,17H,5,14H2,1-4H3,(H,25,29)(H,26,28)(H,27,30)/b24-13-/t17-/m0/s1. The molecule has 0 aliphatic rings. The van der Waals surface area contributed by atoms with Crippen LogP contribution in [0.5, 0.6) is 5.75 Å². The minimum absolute atomic E-state index is 0.0944. The van der Waals surface area contributed by atoms with Crippen molar-refractivity contribution >= 4 is 29.6 Å². The number of anilines is 1. The lowest BCUT2D eigenvalue weighted by Crippen LogP contribution is -2.41. The number of hydrogen-bond acceptors (Lipinski definition) is 5. The second-order valence-electron chi connectivity index (χ2n) is 7.21. The number of amides is 3. The number of carbonyl (C=O) groups excluding carboxylic acids is 3. The van der Waals surface area contributed by atoms with Crippen molar-refractivity contribution in [2.75, 3.05) is 11.9 Å². The summed E-state index contributed by atoms with van der Waals surface area (Å²) < 4.78 is 5.55. The highest BCUT2D eigenvalue weighted by Gasteiger charge is 2.14. The van der Waals surface area contributed by atoms with E-state index >= 15 is 0 Å². The number of hydrogen-bond donors (Lipinski definition) is 3. The van der Waals surface area contributed by atoms with Crippen LogP contribution < -0.4 is 20.8 Å². The summed E-state index contributed by atoms with van der Waals surface area (Å²) in [6, 6.07) is 12.6. The number of benzene rings is 2. The molecule has 0 saturated heterocycles. The van der Waals surface area contributed by atoms with E-state index in [1.165, 1.54) is 6.21 Å². The third-order valence-corrected chi connectivity index (χ3v) is 4.47. The van der Waals surface area contributed by atoms with Crippen LogP contribution in [0, 0.1) is 13.8 Å². The van der Waals surface area contributed by atoms with Crippen molar-refractivity contribution in [1.29, 1.82) is 0 Å². The van der Waals surface area contributed by atoms with Crippen LogP contribution in [0.2, 0.25) is 0 Å². The van der Waals surface area contributed by atoms with Crippen molar-refractivity contribution in [3.63, 3.8) is 0 Å². The Morgan fingerprint density at radius 1 is 1.10 bits per heavy atom. The summed E-state index contributed by atoms with van der Waals surface area (Å²) in [7, 11) is 0. The largest absolute Gasteiger partial charge is 0.484 e. The van der Waals surface area contributed by atoms with Crippen LogP contribution in [-0.4, -0.2) is 36.6 Å². The SMILES string of the molecule is CC[C@H](C)NC(=O)C(=O)N/N=C\c1cccc(OCC(=O)Nc2cc(C)ccc2C)c1. The van der Waals surface area contributed by atoms with E-state index in [-0.39, 0.29) is 18.6 Å². The minimum Gasteiger partial charge on any atom is -0.484 e. The Labute approximate surface area is 182 Å². The van der Waals surface area contributed by atoms with Crippen molar-refractivity contribution in [2.45, 2.75) is 40.2 Å². The summed E-state index contributed by atoms with van der Waals surface area (Å²) in [5, 5.41) is 9.18. The highest BCUT2D eigenvalue weighted by Crippen LogP contribution is 2.17. The third-order valence-electron chi connectivity index (χ3n) is 4.47. The predicted molar refractivity (Wildman–Crippen MR) is 120 cm³/mol. The van der Waals surface area contributed by atoms with Gasteiger partial charge in [0.15, 0.2) is 6.61 Å². The monoisotopic (exact) mass is 424 g/mol. The van der Waals surface area contributed by atoms with Crippen molar-refractivity contribution in [3.8, 4) is 5.75 Å². The lowest BCUT2D eigenvalue weighted by molar-refractivity contribution is -0.139. The van der Waals surface area contributed by atoms with Crippen molar-refractivity contribution in [1.82, 2.24) is 10.7 Å². The van der Waals surface area contributed by atoms with Gasteiger partial charge in [0.25, 0.3) is 5.91 Å². The van der Waals surface area contributed by atoms with Gasteiger partial charge in [-0.3, -0.25) is 14.4 Å². The third kappa shape index (κ3) is 7.93. The molecule has 164 valence electrons. The molecule has 0 heterocycles. The number of ether oxygens (including phenoxy) is 1. The van der Waals surface area contributed by atoms with E-state index in [1.54, 1.807) is 24.3 Å². The molecule has 1 atom stereocenters. The van der Waals surface area contributed by atoms with Gasteiger partial charge in [-0.15, -0.1) is 0 Å². The van der Waals surface area contributed by atoms with Gasteiger partial charge in [-0.25, -0.2) is 5.43 Å². The molecule has 3 N–H and O–H groups in total. The number of hydrazone groups is 1. The molecule has 2 aromatic carbocycles. The van der Waals surface area contributed by atoms with Crippen LogP contribution in [0.1, 0.15) is 37.0 Å². The first kappa shape index (κ1) is 23.6. The normalized spacial score (nSPS) is 11.6. The molecule has 0 aliphatic heterocycles. The number of nitrogens with one attached hydrogen (secondary N) is 3. The fourth-order valence-electron chi connectivity index (χ4n) is 2.50. The number of aryl methyl sites for hydroxylation is 2. The highest BCUT2D eigenvalue weighted by molar-refractivity contribution is 6.35. The molecule has 3 amide bonds. The van der Waals surface area contributed by atoms with E-state index in [9.17, 15) is 14.4 Å². The first-order chi connectivity index (χ1) is 14.8. The molecular formula is C23H28N4O4. The van der Waals surface area contributed by atoms with Crippen molar-refractivity contribution in [2.24, 2.45) is 5.10 Å². The fourth-order valence-corrected chi connectivity index (χ4v) is 2.50. The molecule has 31 heavy (non-hydrogen) atoms. The number of nitrogens with zero attached hydrogens (tertiary/aromatic N) is 1. The van der Waals surface area contributed by atoms with E-state index < -0.39 is 11.8 Å². The van der Waals surface area contributed by atoms with E-state index in [1.807, 2.05) is 45.9 Å². The second kappa shape index (κ2) is 11.5. The first-order valence-corrected chi connectivity index (χ1v) is 10.0. The molecular weight excluding hydrogens is 396 g/mol. The Balaban J connectivity index is 1.86. The van der Waals surface area contributed by atoms with Crippen LogP contribution in [0.4, 0.5) is 5.69 Å². The topological polar surface area (TPSA) is 109 Å². The van der Waals surface area contributed by atoms with Crippen LogP contribution in [-0.2, 0) is 14.4 Å². The predicted octanol–water partition coefficient (Wildman–Crippen LogP) is 2.69. The van der Waals surface area contributed by atoms with Crippen molar-refractivity contribution in [3.05, 3.63) is 59.2 Å². The van der Waals surface area contributed by atoms with Crippen LogP contribution in [0.15, 0.2) is 47.6 Å². The molecule has 0 bridgehead atoms. The number of carbonyl (C=O) groups is 3. The van der Waals surface area contributed by atoms with E-state index in [2.05, 4.69) is 21.2 Å². The van der Waals surface area contributed by atoms with Gasteiger partial charge >= 0.3 is 11.8 Å². The Hall–Kier alpha value is -3.68. The Kier molecular flexibility index (Phi) is 8.75. The summed E-state index contributed by atoms with van der Waals surface area (Å²) in [5.74, 6) is -1.38. The van der Waals surface area contributed by atoms with Gasteiger partial charge in [-0.1, -0.05) is 31.2 Å². The first-order valence-electron chi connectivity index (χ1n) is 10.0. The Bertz CT molecular complexity index is 972. The molecule has 0 unspecified atom stereocenters. The summed E-state index contributed by atoms with van der Waals surface area (Å²) in [6.45, 7) is 7.44. The molecule has 8 nitrogen and oxygen atoms in total. The summed E-state index contributed by atoms with van der Waals surface area (Å²) in [6.07, 6.45) is 2.11. The van der Waals surface area contributed by atoms with Gasteiger partial charge in [0.2, 0.25) is 0 Å². The molecule has 0 spiro atoms. The van der Waals surface area contributed by atoms with Gasteiger partial charge in [0.1, 0.15) is 5.75 Å². The maximum Gasteiger partial charge on any atom is 0.329 e. The molecule has 0 aromatic heterocycles. The molecule has 0 radical (unpaired) electrons. The van der Waals surface area contributed by atoms with Crippen molar-refractivity contribution < 1.29 is 19.1 Å². The molecule has 8 heteroatoms. The van der Waals surface area contributed by atoms with Gasteiger partial charge in [0.05, 0.1) is 6.21 Å². The highest BCUT2D eigenvalue weighted by atomic mass is 16.5. The lowest BCUT2D eigenvalue weighted by atomic mass is 10.1. The zero-order valence-electron chi connectivity index (χ0n) is 18.2. The summed E-state index contributed by atoms with van der Waals surface area (Å²) in [4.78, 5) is 35.6. The maximum atomic E-state index is 12.2. The van der Waals surface area contributed by atoms with Crippen LogP contribution in [0.3, 0.4) is 0 Å². The molecule has 2 rings (SSSR count). The van der Waals surface area contributed by atoms with Gasteiger partial charge in [-0.05, 0) is 62.1 Å². The van der Waals surface area contributed by atoms with Crippen LogP contribution >= 0.6 is 0 Å². The molecule has 0 saturated carbocycles. The van der Waals surface area contributed by atoms with E-state index in [4.69, 9.17) is 4.74 Å². The maximum absolute atomic E-state index is 12.2. The average molecular weight is 425 g/mol. The quantitative estimate of drug-likeness (QED) is 0.344. The second-order valence-corrected chi connectivity index (χ2v) is 7.21. The van der Waals surface area contributed by atoms with Gasteiger partial charge in [0, 0.05) is 11.7 Å². The Morgan fingerprint density at radius 2 is 1.87 bits per heavy atom. The lowest BCUT2D eigenvalue weighted by Gasteiger charge is -2.10. The minimum atomic E-state index is -0.841. The van der Waals surface area contributed by atoms with Gasteiger partial charge in [-0.2, -0.15) is 5.10 Å². The van der Waals surface area contributed by atoms with Crippen LogP contribution in [0.25, 0.3) is 0 Å². The van der Waals surface area contributed by atoms with E-state index in [0.717, 1.165) is 23.2 Å².